The van der Waals surface area contributed by atoms with Crippen LogP contribution in [-0.4, -0.2) is 36.0 Å². The number of ether oxygens (including phenoxy) is 1. The maximum atomic E-state index is 13.4. The first-order valence-corrected chi connectivity index (χ1v) is 16.4. The molecule has 1 atom stereocenters. The quantitative estimate of drug-likeness (QED) is 0.127. The van der Waals surface area contributed by atoms with E-state index in [4.69, 9.17) is 4.74 Å². The average Bonchev–Trinajstić information content (AvgIpc) is 3.01. The Morgan fingerprint density at radius 2 is 1.47 bits per heavy atom. The summed E-state index contributed by atoms with van der Waals surface area (Å²) >= 11 is 0. The summed E-state index contributed by atoms with van der Waals surface area (Å²) in [5.74, 6) is -0.501. The van der Waals surface area contributed by atoms with Gasteiger partial charge in [-0.25, -0.2) is 9.59 Å². The predicted octanol–water partition coefficient (Wildman–Crippen LogP) is 8.78. The minimum atomic E-state index is -0.724. The van der Waals surface area contributed by atoms with Crippen molar-refractivity contribution >= 4 is 29.3 Å². The number of amides is 3. The molecule has 1 heterocycles. The molecule has 43 heavy (non-hydrogen) atoms. The number of esters is 1. The molecule has 0 fully saturated rings. The first kappa shape index (κ1) is 33.9. The van der Waals surface area contributed by atoms with Crippen molar-refractivity contribution in [1.29, 1.82) is 0 Å². The van der Waals surface area contributed by atoms with Crippen LogP contribution >= 0.6 is 0 Å². The molecule has 0 aliphatic carbocycles. The molecule has 0 radical (unpaired) electrons. The summed E-state index contributed by atoms with van der Waals surface area (Å²) in [5, 5.41) is 6.04. The van der Waals surface area contributed by atoms with E-state index in [0.29, 0.717) is 35.5 Å². The summed E-state index contributed by atoms with van der Waals surface area (Å²) in [7, 11) is 0. The first-order valence-electron chi connectivity index (χ1n) is 16.4. The van der Waals surface area contributed by atoms with Gasteiger partial charge in [0.15, 0.2) is 0 Å². The number of urea groups is 1. The maximum Gasteiger partial charge on any atom is 0.338 e. The van der Waals surface area contributed by atoms with Gasteiger partial charge in [0, 0.05) is 18.7 Å². The highest BCUT2D eigenvalue weighted by atomic mass is 16.5. The Bertz CT molecular complexity index is 1190. The Morgan fingerprint density at radius 3 is 2.09 bits per heavy atom. The SMILES string of the molecule is CCCCCCCCCCCCCC(=O)Nc1cccc(C2NC(=O)N(CCC)C(c3ccccc3)=C2C(=O)OCC)c1. The first-order chi connectivity index (χ1) is 21.0. The van der Waals surface area contributed by atoms with Crippen LogP contribution in [0.15, 0.2) is 60.2 Å². The van der Waals surface area contributed by atoms with Gasteiger partial charge in [0.2, 0.25) is 5.91 Å². The number of nitrogens with one attached hydrogen (secondary N) is 2. The van der Waals surface area contributed by atoms with Crippen LogP contribution in [0.1, 0.15) is 121 Å². The molecule has 2 aromatic carbocycles. The van der Waals surface area contributed by atoms with Crippen molar-refractivity contribution in [2.24, 2.45) is 0 Å². The van der Waals surface area contributed by atoms with Gasteiger partial charge in [-0.3, -0.25) is 9.69 Å². The van der Waals surface area contributed by atoms with Gasteiger partial charge >= 0.3 is 12.0 Å². The number of unbranched alkanes of at least 4 members (excludes halogenated alkanes) is 10. The van der Waals surface area contributed by atoms with E-state index >= 15 is 0 Å². The van der Waals surface area contributed by atoms with E-state index in [9.17, 15) is 14.4 Å². The number of carbonyl (C=O) groups is 3. The van der Waals surface area contributed by atoms with Crippen LogP contribution in [0.25, 0.3) is 5.70 Å². The summed E-state index contributed by atoms with van der Waals surface area (Å²) in [5.41, 5.74) is 3.05. The molecule has 0 aromatic heterocycles. The highest BCUT2D eigenvalue weighted by Crippen LogP contribution is 2.37. The molecule has 234 valence electrons. The molecular weight excluding hydrogens is 538 g/mol. The Kier molecular flexibility index (Phi) is 14.8. The summed E-state index contributed by atoms with van der Waals surface area (Å²) in [6.07, 6.45) is 14.8. The summed E-state index contributed by atoms with van der Waals surface area (Å²) in [4.78, 5) is 41.2. The highest BCUT2D eigenvalue weighted by Gasteiger charge is 2.38. The van der Waals surface area contributed by atoms with Gasteiger partial charge < -0.3 is 15.4 Å². The van der Waals surface area contributed by atoms with Crippen LogP contribution in [-0.2, 0) is 14.3 Å². The molecule has 3 rings (SSSR count). The van der Waals surface area contributed by atoms with Gasteiger partial charge in [-0.1, -0.05) is 121 Å². The number of rotatable bonds is 19. The van der Waals surface area contributed by atoms with Crippen molar-refractivity contribution in [3.63, 3.8) is 0 Å². The van der Waals surface area contributed by atoms with Crippen molar-refractivity contribution in [3.05, 3.63) is 71.3 Å². The molecule has 2 N–H and O–H groups in total. The van der Waals surface area contributed by atoms with Crippen LogP contribution < -0.4 is 10.6 Å². The lowest BCUT2D eigenvalue weighted by molar-refractivity contribution is -0.139. The number of anilines is 1. The lowest BCUT2D eigenvalue weighted by Gasteiger charge is -2.37. The topological polar surface area (TPSA) is 87.7 Å². The molecule has 1 unspecified atom stereocenters. The molecule has 0 spiro atoms. The zero-order chi connectivity index (χ0) is 30.9. The van der Waals surface area contributed by atoms with E-state index in [-0.39, 0.29) is 18.5 Å². The third-order valence-electron chi connectivity index (χ3n) is 7.83. The second-order valence-electron chi connectivity index (χ2n) is 11.3. The molecule has 1 aliphatic rings. The van der Waals surface area contributed by atoms with Crippen LogP contribution in [0.5, 0.6) is 0 Å². The summed E-state index contributed by atoms with van der Waals surface area (Å²) in [6, 6.07) is 15.9. The minimum absolute atomic E-state index is 0.0268. The van der Waals surface area contributed by atoms with Gasteiger partial charge in [-0.15, -0.1) is 0 Å². The van der Waals surface area contributed by atoms with Gasteiger partial charge in [-0.2, -0.15) is 0 Å². The number of hydrogen-bond acceptors (Lipinski definition) is 4. The Morgan fingerprint density at radius 1 is 0.814 bits per heavy atom. The number of hydrogen-bond donors (Lipinski definition) is 2. The van der Waals surface area contributed by atoms with Crippen LogP contribution in [0, 0.1) is 0 Å². The Labute approximate surface area is 258 Å². The predicted molar refractivity (Wildman–Crippen MR) is 174 cm³/mol. The fourth-order valence-corrected chi connectivity index (χ4v) is 5.64. The van der Waals surface area contributed by atoms with Crippen LogP contribution in [0.4, 0.5) is 10.5 Å². The maximum absolute atomic E-state index is 13.4. The lowest BCUT2D eigenvalue weighted by Crippen LogP contribution is -2.48. The molecule has 2 aromatic rings. The zero-order valence-electron chi connectivity index (χ0n) is 26.5. The van der Waals surface area contributed by atoms with E-state index in [1.807, 2.05) is 61.5 Å². The van der Waals surface area contributed by atoms with E-state index < -0.39 is 12.0 Å². The molecular formula is C36H51N3O4. The van der Waals surface area contributed by atoms with E-state index in [0.717, 1.165) is 24.8 Å². The van der Waals surface area contributed by atoms with Crippen molar-refractivity contribution in [3.8, 4) is 0 Å². The summed E-state index contributed by atoms with van der Waals surface area (Å²) < 4.78 is 5.50. The van der Waals surface area contributed by atoms with Crippen LogP contribution in [0.3, 0.4) is 0 Å². The third kappa shape index (κ3) is 10.6. The normalized spacial score (nSPS) is 14.9. The highest BCUT2D eigenvalue weighted by molar-refractivity contribution is 6.04. The number of carbonyl (C=O) groups excluding carboxylic acids is 3. The van der Waals surface area contributed by atoms with Crippen molar-refractivity contribution < 1.29 is 19.1 Å². The number of nitrogens with zero attached hydrogens (tertiary/aromatic N) is 1. The van der Waals surface area contributed by atoms with Crippen molar-refractivity contribution in [2.45, 2.75) is 110 Å². The molecule has 7 nitrogen and oxygen atoms in total. The molecule has 7 heteroatoms. The fourth-order valence-electron chi connectivity index (χ4n) is 5.64. The van der Waals surface area contributed by atoms with E-state index in [1.54, 1.807) is 11.8 Å². The number of benzene rings is 2. The monoisotopic (exact) mass is 589 g/mol. The standard InChI is InChI=1S/C36H51N3O4/c1-4-7-8-9-10-11-12-13-14-15-19-25-31(40)37-30-24-20-23-29(27-30)33-32(35(41)43-6-3)34(28-21-17-16-18-22-28)39(26-5-2)36(42)38-33/h16-18,20-24,27,33H,4-15,19,25-26H2,1-3H3,(H,37,40)(H,38,42). The Hall–Kier alpha value is -3.61. The van der Waals surface area contributed by atoms with Gasteiger partial charge in [0.25, 0.3) is 0 Å². The largest absolute Gasteiger partial charge is 0.463 e. The molecule has 0 saturated heterocycles. The third-order valence-corrected chi connectivity index (χ3v) is 7.83. The van der Waals surface area contributed by atoms with Crippen molar-refractivity contribution in [1.82, 2.24) is 10.2 Å². The van der Waals surface area contributed by atoms with E-state index in [2.05, 4.69) is 17.6 Å². The Balaban J connectivity index is 1.67. The lowest BCUT2D eigenvalue weighted by atomic mass is 9.91. The van der Waals surface area contributed by atoms with E-state index in [1.165, 1.54) is 57.8 Å². The van der Waals surface area contributed by atoms with Gasteiger partial charge in [-0.05, 0) is 43.0 Å². The zero-order valence-corrected chi connectivity index (χ0v) is 26.5. The average molecular weight is 590 g/mol. The van der Waals surface area contributed by atoms with Crippen molar-refractivity contribution in [2.75, 3.05) is 18.5 Å². The smallest absolute Gasteiger partial charge is 0.338 e. The fraction of sp³-hybridized carbons (Fsp3) is 0.528. The minimum Gasteiger partial charge on any atom is -0.463 e. The van der Waals surface area contributed by atoms with Gasteiger partial charge in [0.05, 0.1) is 23.9 Å². The second kappa shape index (κ2) is 18.8. The molecule has 1 aliphatic heterocycles. The molecule has 3 amide bonds. The second-order valence-corrected chi connectivity index (χ2v) is 11.3. The molecule has 0 bridgehead atoms. The van der Waals surface area contributed by atoms with Gasteiger partial charge in [0.1, 0.15) is 0 Å². The molecule has 0 saturated carbocycles. The van der Waals surface area contributed by atoms with Crippen LogP contribution in [0.2, 0.25) is 0 Å². The summed E-state index contributed by atoms with van der Waals surface area (Å²) in [6.45, 7) is 6.69.